The zero-order chi connectivity index (χ0) is 17.6. The van der Waals surface area contributed by atoms with Crippen LogP contribution in [0.1, 0.15) is 0 Å². The second-order valence-electron chi connectivity index (χ2n) is 5.79. The van der Waals surface area contributed by atoms with E-state index < -0.39 is 0 Å². The Kier molecular flexibility index (Phi) is 5.09. The van der Waals surface area contributed by atoms with Gasteiger partial charge in [0.05, 0.1) is 11.7 Å². The first-order chi connectivity index (χ1) is 12.1. The molecule has 3 aromatic rings. The zero-order valence-electron chi connectivity index (χ0n) is 14.1. The van der Waals surface area contributed by atoms with E-state index in [9.17, 15) is 9.59 Å². The van der Waals surface area contributed by atoms with Gasteiger partial charge in [-0.25, -0.2) is 0 Å². The zero-order valence-corrected chi connectivity index (χ0v) is 14.1. The Bertz CT molecular complexity index is 921. The maximum Gasteiger partial charge on any atom is 0.241 e. The monoisotopic (exact) mass is 336 g/mol. The molecule has 1 amide bonds. The number of likely N-dealkylation sites (N-methyl/N-ethyl adjacent to an activating group) is 1. The number of para-hydroxylation sites is 2. The largest absolute Gasteiger partial charge is 0.373 e. The SMILES string of the molecule is CN(CCNC(=O)Cn1ncc(=O)c2ccccc21)c1ccccc1. The minimum Gasteiger partial charge on any atom is -0.373 e. The summed E-state index contributed by atoms with van der Waals surface area (Å²) in [6.45, 7) is 1.31. The van der Waals surface area contributed by atoms with E-state index in [2.05, 4.69) is 15.3 Å². The van der Waals surface area contributed by atoms with Crippen molar-refractivity contribution in [1.29, 1.82) is 0 Å². The van der Waals surface area contributed by atoms with Gasteiger partial charge < -0.3 is 10.2 Å². The third kappa shape index (κ3) is 4.03. The Balaban J connectivity index is 1.58. The standard InChI is InChI=1S/C19H20N4O2/c1-22(15-7-3-2-4-8-15)12-11-20-19(25)14-23-17-10-6-5-9-16(17)18(24)13-21-23/h2-10,13H,11-12,14H2,1H3,(H,20,25). The number of fused-ring (bicyclic) bond motifs is 1. The fourth-order valence-corrected chi connectivity index (χ4v) is 2.65. The van der Waals surface area contributed by atoms with Crippen LogP contribution in [0.4, 0.5) is 5.69 Å². The van der Waals surface area contributed by atoms with Crippen LogP contribution in [0, 0.1) is 0 Å². The van der Waals surface area contributed by atoms with E-state index in [1.165, 1.54) is 6.20 Å². The fourth-order valence-electron chi connectivity index (χ4n) is 2.65. The average Bonchev–Trinajstić information content (AvgIpc) is 2.65. The lowest BCUT2D eigenvalue weighted by atomic mass is 10.2. The van der Waals surface area contributed by atoms with Crippen molar-refractivity contribution in [1.82, 2.24) is 15.1 Å². The first kappa shape index (κ1) is 16.7. The molecule has 3 rings (SSSR count). The summed E-state index contributed by atoms with van der Waals surface area (Å²) in [4.78, 5) is 26.1. The van der Waals surface area contributed by atoms with Gasteiger partial charge >= 0.3 is 0 Å². The van der Waals surface area contributed by atoms with Crippen LogP contribution in [-0.2, 0) is 11.3 Å². The first-order valence-corrected chi connectivity index (χ1v) is 8.13. The van der Waals surface area contributed by atoms with E-state index in [-0.39, 0.29) is 17.9 Å². The molecule has 2 aromatic carbocycles. The van der Waals surface area contributed by atoms with E-state index in [1.54, 1.807) is 22.9 Å². The molecule has 0 aliphatic rings. The summed E-state index contributed by atoms with van der Waals surface area (Å²) in [6.07, 6.45) is 1.25. The van der Waals surface area contributed by atoms with Gasteiger partial charge in [0.25, 0.3) is 0 Å². The maximum atomic E-state index is 12.2. The number of benzene rings is 2. The number of nitrogens with one attached hydrogen (secondary N) is 1. The van der Waals surface area contributed by atoms with Gasteiger partial charge in [-0.05, 0) is 24.3 Å². The lowest BCUT2D eigenvalue weighted by molar-refractivity contribution is -0.121. The third-order valence-corrected chi connectivity index (χ3v) is 4.02. The topological polar surface area (TPSA) is 67.2 Å². The van der Waals surface area contributed by atoms with Gasteiger partial charge in [0.1, 0.15) is 6.54 Å². The molecular formula is C19H20N4O2. The summed E-state index contributed by atoms with van der Waals surface area (Å²) in [7, 11) is 1.98. The van der Waals surface area contributed by atoms with E-state index >= 15 is 0 Å². The summed E-state index contributed by atoms with van der Waals surface area (Å²) in [6, 6.07) is 17.1. The van der Waals surface area contributed by atoms with Crippen LogP contribution < -0.4 is 15.6 Å². The van der Waals surface area contributed by atoms with Crippen molar-refractivity contribution < 1.29 is 4.79 Å². The predicted molar refractivity (Wildman–Crippen MR) is 98.7 cm³/mol. The van der Waals surface area contributed by atoms with Crippen LogP contribution >= 0.6 is 0 Å². The molecule has 1 N–H and O–H groups in total. The molecule has 0 bridgehead atoms. The van der Waals surface area contributed by atoms with Gasteiger partial charge in [0.15, 0.2) is 0 Å². The second-order valence-corrected chi connectivity index (χ2v) is 5.79. The maximum absolute atomic E-state index is 12.2. The summed E-state index contributed by atoms with van der Waals surface area (Å²) in [5.41, 5.74) is 1.62. The van der Waals surface area contributed by atoms with E-state index in [0.29, 0.717) is 24.0 Å². The Morgan fingerprint density at radius 2 is 1.84 bits per heavy atom. The van der Waals surface area contributed by atoms with Crippen molar-refractivity contribution in [2.45, 2.75) is 6.54 Å². The lowest BCUT2D eigenvalue weighted by Gasteiger charge is -2.19. The predicted octanol–water partition coefficient (Wildman–Crippen LogP) is 1.65. The lowest BCUT2D eigenvalue weighted by Crippen LogP contribution is -2.35. The smallest absolute Gasteiger partial charge is 0.241 e. The van der Waals surface area contributed by atoms with Gasteiger partial charge in [-0.15, -0.1) is 0 Å². The molecule has 0 fully saturated rings. The molecule has 0 radical (unpaired) electrons. The molecule has 128 valence electrons. The highest BCUT2D eigenvalue weighted by atomic mass is 16.2. The highest BCUT2D eigenvalue weighted by molar-refractivity contribution is 5.81. The number of carbonyl (C=O) groups excluding carboxylic acids is 1. The van der Waals surface area contributed by atoms with Gasteiger partial charge in [-0.1, -0.05) is 30.3 Å². The van der Waals surface area contributed by atoms with Crippen molar-refractivity contribution in [2.75, 3.05) is 25.0 Å². The van der Waals surface area contributed by atoms with Crippen molar-refractivity contribution in [3.8, 4) is 0 Å². The molecule has 6 nitrogen and oxygen atoms in total. The van der Waals surface area contributed by atoms with Gasteiger partial charge in [-0.2, -0.15) is 5.10 Å². The number of hydrogen-bond donors (Lipinski definition) is 1. The summed E-state index contributed by atoms with van der Waals surface area (Å²) in [5, 5.41) is 7.53. The molecule has 0 saturated carbocycles. The number of amides is 1. The Hall–Kier alpha value is -3.15. The van der Waals surface area contributed by atoms with E-state index in [0.717, 1.165) is 5.69 Å². The highest BCUT2D eigenvalue weighted by Gasteiger charge is 2.08. The Morgan fingerprint density at radius 3 is 2.64 bits per heavy atom. The first-order valence-electron chi connectivity index (χ1n) is 8.13. The fraction of sp³-hybridized carbons (Fsp3) is 0.211. The van der Waals surface area contributed by atoms with Crippen LogP contribution in [0.15, 0.2) is 65.6 Å². The quantitative estimate of drug-likeness (QED) is 0.743. The molecule has 1 heterocycles. The number of rotatable bonds is 6. The molecule has 0 aliphatic heterocycles. The number of anilines is 1. The van der Waals surface area contributed by atoms with Crippen LogP contribution in [0.25, 0.3) is 10.9 Å². The summed E-state index contributed by atoms with van der Waals surface area (Å²) < 4.78 is 1.55. The number of hydrogen-bond acceptors (Lipinski definition) is 4. The van der Waals surface area contributed by atoms with Crippen LogP contribution in [0.3, 0.4) is 0 Å². The van der Waals surface area contributed by atoms with E-state index in [1.807, 2.05) is 43.4 Å². The van der Waals surface area contributed by atoms with Crippen molar-refractivity contribution >= 4 is 22.5 Å². The third-order valence-electron chi connectivity index (χ3n) is 4.02. The molecule has 0 unspecified atom stereocenters. The van der Waals surface area contributed by atoms with Gasteiger partial charge in [0.2, 0.25) is 11.3 Å². The minimum atomic E-state index is -0.142. The number of carbonyl (C=O) groups is 1. The molecule has 0 saturated heterocycles. The molecule has 0 spiro atoms. The molecule has 6 heteroatoms. The van der Waals surface area contributed by atoms with Crippen molar-refractivity contribution in [2.24, 2.45) is 0 Å². The van der Waals surface area contributed by atoms with Crippen LogP contribution in [0.5, 0.6) is 0 Å². The van der Waals surface area contributed by atoms with Crippen molar-refractivity contribution in [3.63, 3.8) is 0 Å². The van der Waals surface area contributed by atoms with Crippen LogP contribution in [-0.4, -0.2) is 35.8 Å². The van der Waals surface area contributed by atoms with Crippen molar-refractivity contribution in [3.05, 3.63) is 71.0 Å². The van der Waals surface area contributed by atoms with E-state index in [4.69, 9.17) is 0 Å². The second kappa shape index (κ2) is 7.61. The van der Waals surface area contributed by atoms with Crippen LogP contribution in [0.2, 0.25) is 0 Å². The summed E-state index contributed by atoms with van der Waals surface area (Å²) >= 11 is 0. The molecule has 1 aromatic heterocycles. The normalized spacial score (nSPS) is 10.6. The average molecular weight is 336 g/mol. The Morgan fingerprint density at radius 1 is 1.12 bits per heavy atom. The highest BCUT2D eigenvalue weighted by Crippen LogP contribution is 2.10. The molecule has 25 heavy (non-hydrogen) atoms. The van der Waals surface area contributed by atoms with Gasteiger partial charge in [-0.3, -0.25) is 14.3 Å². The number of nitrogens with zero attached hydrogens (tertiary/aromatic N) is 3. The molecule has 0 aliphatic carbocycles. The summed E-state index contributed by atoms with van der Waals surface area (Å²) in [5.74, 6) is -0.136. The molecular weight excluding hydrogens is 316 g/mol. The number of aromatic nitrogens is 2. The Labute approximate surface area is 145 Å². The molecule has 0 atom stereocenters. The van der Waals surface area contributed by atoms with Gasteiger partial charge in [0, 0.05) is 31.2 Å². The minimum absolute atomic E-state index is 0.0792.